The SMILES string of the molecule is CC(=O)N1CCC(C)(C(=O)Nc2ncccc2Cl)C1. The third kappa shape index (κ3) is 2.87. The minimum absolute atomic E-state index is 0.00704. The second-order valence-electron chi connectivity index (χ2n) is 5.04. The van der Waals surface area contributed by atoms with Gasteiger partial charge in [-0.15, -0.1) is 0 Å². The lowest BCUT2D eigenvalue weighted by molar-refractivity contribution is -0.129. The molecule has 1 fully saturated rings. The van der Waals surface area contributed by atoms with Crippen LogP contribution >= 0.6 is 11.6 Å². The van der Waals surface area contributed by atoms with Crippen molar-refractivity contribution in [3.05, 3.63) is 23.4 Å². The van der Waals surface area contributed by atoms with Gasteiger partial charge in [0.1, 0.15) is 0 Å². The summed E-state index contributed by atoms with van der Waals surface area (Å²) in [5, 5.41) is 3.14. The molecule has 2 amide bonds. The van der Waals surface area contributed by atoms with E-state index in [2.05, 4.69) is 10.3 Å². The molecule has 19 heavy (non-hydrogen) atoms. The molecular weight excluding hydrogens is 266 g/mol. The standard InChI is InChI=1S/C13H16ClN3O2/c1-9(18)17-7-5-13(2,8-17)12(19)16-11-10(14)4-3-6-15-11/h3-4,6H,5,7-8H2,1-2H3,(H,15,16,19). The van der Waals surface area contributed by atoms with Crippen LogP contribution in [0.4, 0.5) is 5.82 Å². The zero-order valence-electron chi connectivity index (χ0n) is 10.9. The topological polar surface area (TPSA) is 62.3 Å². The summed E-state index contributed by atoms with van der Waals surface area (Å²) in [5.41, 5.74) is -0.591. The van der Waals surface area contributed by atoms with E-state index in [1.807, 2.05) is 6.92 Å². The molecule has 1 aliphatic heterocycles. The number of likely N-dealkylation sites (tertiary alicyclic amines) is 1. The Balaban J connectivity index is 2.09. The lowest BCUT2D eigenvalue weighted by Crippen LogP contribution is -2.37. The number of amides is 2. The molecule has 0 bridgehead atoms. The van der Waals surface area contributed by atoms with E-state index in [0.717, 1.165) is 0 Å². The Morgan fingerprint density at radius 1 is 1.53 bits per heavy atom. The molecule has 1 atom stereocenters. The Morgan fingerprint density at radius 2 is 2.26 bits per heavy atom. The van der Waals surface area contributed by atoms with Crippen LogP contribution in [0.15, 0.2) is 18.3 Å². The number of aromatic nitrogens is 1. The largest absolute Gasteiger partial charge is 0.342 e. The highest BCUT2D eigenvalue weighted by atomic mass is 35.5. The zero-order chi connectivity index (χ0) is 14.0. The van der Waals surface area contributed by atoms with Crippen molar-refractivity contribution >= 4 is 29.2 Å². The molecule has 0 radical (unpaired) electrons. The molecule has 1 aromatic heterocycles. The third-order valence-corrected chi connectivity index (χ3v) is 3.76. The maximum Gasteiger partial charge on any atom is 0.233 e. The average Bonchev–Trinajstić information content (AvgIpc) is 2.76. The predicted octanol–water partition coefficient (Wildman–Crippen LogP) is 1.93. The Morgan fingerprint density at radius 3 is 2.84 bits per heavy atom. The molecule has 1 aromatic rings. The van der Waals surface area contributed by atoms with Gasteiger partial charge in [0.05, 0.1) is 10.4 Å². The van der Waals surface area contributed by atoms with Crippen molar-refractivity contribution in [3.8, 4) is 0 Å². The van der Waals surface area contributed by atoms with Crippen LogP contribution in [-0.2, 0) is 9.59 Å². The molecule has 0 aromatic carbocycles. The highest BCUT2D eigenvalue weighted by Gasteiger charge is 2.41. The Labute approximate surface area is 117 Å². The molecule has 102 valence electrons. The molecule has 1 unspecified atom stereocenters. The van der Waals surface area contributed by atoms with Crippen molar-refractivity contribution in [2.24, 2.45) is 5.41 Å². The van der Waals surface area contributed by atoms with Gasteiger partial charge in [-0.25, -0.2) is 4.98 Å². The van der Waals surface area contributed by atoms with E-state index < -0.39 is 5.41 Å². The fourth-order valence-corrected chi connectivity index (χ4v) is 2.32. The molecule has 1 saturated heterocycles. The maximum atomic E-state index is 12.3. The van der Waals surface area contributed by atoms with Crippen LogP contribution in [0.1, 0.15) is 20.3 Å². The van der Waals surface area contributed by atoms with Crippen molar-refractivity contribution < 1.29 is 9.59 Å². The molecule has 5 nitrogen and oxygen atoms in total. The van der Waals surface area contributed by atoms with Crippen LogP contribution in [-0.4, -0.2) is 34.8 Å². The molecule has 0 saturated carbocycles. The summed E-state index contributed by atoms with van der Waals surface area (Å²) in [6, 6.07) is 3.37. The van der Waals surface area contributed by atoms with Gasteiger partial charge in [-0.3, -0.25) is 9.59 Å². The minimum Gasteiger partial charge on any atom is -0.342 e. The quantitative estimate of drug-likeness (QED) is 0.901. The van der Waals surface area contributed by atoms with Crippen LogP contribution < -0.4 is 5.32 Å². The monoisotopic (exact) mass is 281 g/mol. The predicted molar refractivity (Wildman–Crippen MR) is 72.9 cm³/mol. The van der Waals surface area contributed by atoms with Gasteiger partial charge in [0.25, 0.3) is 0 Å². The molecule has 1 N–H and O–H groups in total. The highest BCUT2D eigenvalue weighted by Crippen LogP contribution is 2.32. The number of rotatable bonds is 2. The second-order valence-corrected chi connectivity index (χ2v) is 5.45. The fraction of sp³-hybridized carbons (Fsp3) is 0.462. The number of pyridine rings is 1. The molecule has 0 aliphatic carbocycles. The number of anilines is 1. The van der Waals surface area contributed by atoms with Crippen LogP contribution in [0.3, 0.4) is 0 Å². The summed E-state index contributed by atoms with van der Waals surface area (Å²) in [5.74, 6) is 0.195. The Bertz CT molecular complexity index is 520. The van der Waals surface area contributed by atoms with E-state index in [1.54, 1.807) is 23.2 Å². The van der Waals surface area contributed by atoms with Crippen molar-refractivity contribution in [1.82, 2.24) is 9.88 Å². The number of hydrogen-bond donors (Lipinski definition) is 1. The first kappa shape index (κ1) is 13.8. The molecule has 6 heteroatoms. The zero-order valence-corrected chi connectivity index (χ0v) is 11.7. The van der Waals surface area contributed by atoms with Gasteiger partial charge in [0.15, 0.2) is 5.82 Å². The lowest BCUT2D eigenvalue weighted by atomic mass is 9.89. The van der Waals surface area contributed by atoms with Crippen LogP contribution in [0.2, 0.25) is 5.02 Å². The third-order valence-electron chi connectivity index (χ3n) is 3.46. The van der Waals surface area contributed by atoms with Gasteiger partial charge >= 0.3 is 0 Å². The Hall–Kier alpha value is -1.62. The van der Waals surface area contributed by atoms with E-state index in [9.17, 15) is 9.59 Å². The van der Waals surface area contributed by atoms with Crippen LogP contribution in [0.5, 0.6) is 0 Å². The Kier molecular flexibility index (Phi) is 3.75. The number of halogens is 1. The number of hydrogen-bond acceptors (Lipinski definition) is 3. The molecular formula is C13H16ClN3O2. The number of carbonyl (C=O) groups excluding carboxylic acids is 2. The summed E-state index contributed by atoms with van der Waals surface area (Å²) >= 11 is 5.96. The fourth-order valence-electron chi connectivity index (χ4n) is 2.15. The normalized spacial score (nSPS) is 22.4. The summed E-state index contributed by atoms with van der Waals surface area (Å²) in [6.07, 6.45) is 2.21. The van der Waals surface area contributed by atoms with Crippen LogP contribution in [0.25, 0.3) is 0 Å². The molecule has 2 rings (SSSR count). The first-order valence-electron chi connectivity index (χ1n) is 6.10. The van der Waals surface area contributed by atoms with Gasteiger partial charge in [-0.05, 0) is 25.5 Å². The molecule has 2 heterocycles. The highest BCUT2D eigenvalue weighted by molar-refractivity contribution is 6.33. The van der Waals surface area contributed by atoms with Crippen molar-refractivity contribution in [3.63, 3.8) is 0 Å². The number of nitrogens with one attached hydrogen (secondary N) is 1. The first-order valence-corrected chi connectivity index (χ1v) is 6.48. The summed E-state index contributed by atoms with van der Waals surface area (Å²) in [6.45, 7) is 4.40. The van der Waals surface area contributed by atoms with E-state index in [1.165, 1.54) is 6.92 Å². The van der Waals surface area contributed by atoms with Gasteiger partial charge in [-0.1, -0.05) is 11.6 Å². The van der Waals surface area contributed by atoms with Crippen LogP contribution in [0, 0.1) is 5.41 Å². The number of carbonyl (C=O) groups is 2. The number of nitrogens with zero attached hydrogens (tertiary/aromatic N) is 2. The smallest absolute Gasteiger partial charge is 0.233 e. The van der Waals surface area contributed by atoms with Gasteiger partial charge in [0, 0.05) is 26.2 Å². The first-order chi connectivity index (χ1) is 8.92. The van der Waals surface area contributed by atoms with Crippen molar-refractivity contribution in [2.45, 2.75) is 20.3 Å². The van der Waals surface area contributed by atoms with E-state index in [-0.39, 0.29) is 11.8 Å². The molecule has 1 aliphatic rings. The molecule has 0 spiro atoms. The second kappa shape index (κ2) is 5.17. The van der Waals surface area contributed by atoms with Gasteiger partial charge in [0.2, 0.25) is 11.8 Å². The maximum absolute atomic E-state index is 12.3. The van der Waals surface area contributed by atoms with Crippen molar-refractivity contribution in [2.75, 3.05) is 18.4 Å². The van der Waals surface area contributed by atoms with Gasteiger partial charge in [-0.2, -0.15) is 0 Å². The summed E-state index contributed by atoms with van der Waals surface area (Å²) in [4.78, 5) is 29.3. The van der Waals surface area contributed by atoms with E-state index in [4.69, 9.17) is 11.6 Å². The minimum atomic E-state index is -0.591. The summed E-state index contributed by atoms with van der Waals surface area (Å²) in [7, 11) is 0. The van der Waals surface area contributed by atoms with E-state index in [0.29, 0.717) is 30.4 Å². The van der Waals surface area contributed by atoms with Crippen molar-refractivity contribution in [1.29, 1.82) is 0 Å². The van der Waals surface area contributed by atoms with E-state index >= 15 is 0 Å². The average molecular weight is 282 g/mol. The lowest BCUT2D eigenvalue weighted by Gasteiger charge is -2.23. The summed E-state index contributed by atoms with van der Waals surface area (Å²) < 4.78 is 0. The van der Waals surface area contributed by atoms with Gasteiger partial charge < -0.3 is 10.2 Å².